The molecule has 2 saturated heterocycles. The summed E-state index contributed by atoms with van der Waals surface area (Å²) in [4.78, 5) is 24.8. The van der Waals surface area contributed by atoms with Gasteiger partial charge in [-0.25, -0.2) is 19.0 Å². The second-order valence-corrected chi connectivity index (χ2v) is 5.78. The fourth-order valence-electron chi connectivity index (χ4n) is 2.49. The fraction of sp³-hybridized carbons (Fsp3) is 0.692. The molecule has 124 valence electrons. The van der Waals surface area contributed by atoms with Crippen molar-refractivity contribution < 1.29 is 9.47 Å². The molecule has 2 aromatic rings. The van der Waals surface area contributed by atoms with E-state index in [1.54, 1.807) is 0 Å². The van der Waals surface area contributed by atoms with Gasteiger partial charge in [-0.15, -0.1) is 0 Å². The summed E-state index contributed by atoms with van der Waals surface area (Å²) in [5.41, 5.74) is -0.491. The Bertz CT molecular complexity index is 822. The van der Waals surface area contributed by atoms with Crippen LogP contribution in [-0.2, 0) is 35.7 Å². The van der Waals surface area contributed by atoms with Crippen LogP contribution in [0.25, 0.3) is 0 Å². The highest BCUT2D eigenvalue weighted by atomic mass is 16.6. The number of hydrogen-bond donors (Lipinski definition) is 0. The molecule has 2 aliphatic rings. The van der Waals surface area contributed by atoms with Gasteiger partial charge in [0.2, 0.25) is 0 Å². The minimum absolute atomic E-state index is 0.0739. The first-order valence-electron chi connectivity index (χ1n) is 7.67. The Kier molecular flexibility index (Phi) is 3.42. The van der Waals surface area contributed by atoms with Crippen molar-refractivity contribution in [3.8, 4) is 0 Å². The molecule has 2 unspecified atom stereocenters. The summed E-state index contributed by atoms with van der Waals surface area (Å²) in [7, 11) is 0. The van der Waals surface area contributed by atoms with Gasteiger partial charge in [-0.2, -0.15) is 10.2 Å². The Hall–Kier alpha value is -2.20. The molecule has 23 heavy (non-hydrogen) atoms. The zero-order chi connectivity index (χ0) is 16.0. The SMILES string of the molecule is CCc1nn(CC2CO2)c(=O)n1Cn1cnn(CC2CO2)c1=O. The lowest BCUT2D eigenvalue weighted by molar-refractivity contribution is 0.367. The topological polar surface area (TPSA) is 105 Å². The number of ether oxygens (including phenoxy) is 2. The van der Waals surface area contributed by atoms with Crippen LogP contribution in [0.4, 0.5) is 0 Å². The van der Waals surface area contributed by atoms with Gasteiger partial charge in [0.05, 0.1) is 26.3 Å². The van der Waals surface area contributed by atoms with Gasteiger partial charge in [-0.05, 0) is 0 Å². The van der Waals surface area contributed by atoms with Crippen molar-refractivity contribution in [3.05, 3.63) is 33.1 Å². The summed E-state index contributed by atoms with van der Waals surface area (Å²) < 4.78 is 15.9. The normalized spacial score (nSPS) is 22.5. The predicted octanol–water partition coefficient (Wildman–Crippen LogP) is -1.73. The molecule has 10 nitrogen and oxygen atoms in total. The summed E-state index contributed by atoms with van der Waals surface area (Å²) >= 11 is 0. The molecular formula is C13H18N6O4. The van der Waals surface area contributed by atoms with Crippen LogP contribution in [0.2, 0.25) is 0 Å². The second-order valence-electron chi connectivity index (χ2n) is 5.78. The van der Waals surface area contributed by atoms with E-state index in [1.807, 2.05) is 6.92 Å². The molecule has 4 heterocycles. The van der Waals surface area contributed by atoms with E-state index < -0.39 is 0 Å². The standard InChI is InChI=1S/C13H18N6O4/c1-2-11-15-19(4-10-6-23-10)13(21)17(11)8-16-7-14-18(12(16)20)3-9-5-22-9/h7,9-10H,2-6,8H2,1H3. The highest BCUT2D eigenvalue weighted by molar-refractivity contribution is 4.89. The van der Waals surface area contributed by atoms with E-state index >= 15 is 0 Å². The number of aromatic nitrogens is 6. The van der Waals surface area contributed by atoms with E-state index in [-0.39, 0.29) is 30.3 Å². The van der Waals surface area contributed by atoms with Crippen molar-refractivity contribution in [1.29, 1.82) is 0 Å². The van der Waals surface area contributed by atoms with Crippen LogP contribution < -0.4 is 11.4 Å². The molecule has 0 bridgehead atoms. The summed E-state index contributed by atoms with van der Waals surface area (Å²) in [6.45, 7) is 4.25. The van der Waals surface area contributed by atoms with Gasteiger partial charge in [0.25, 0.3) is 0 Å². The van der Waals surface area contributed by atoms with Gasteiger partial charge >= 0.3 is 11.4 Å². The van der Waals surface area contributed by atoms with Crippen molar-refractivity contribution in [2.45, 2.75) is 45.3 Å². The first kappa shape index (κ1) is 14.4. The van der Waals surface area contributed by atoms with E-state index in [1.165, 1.54) is 24.8 Å². The summed E-state index contributed by atoms with van der Waals surface area (Å²) in [5, 5.41) is 8.39. The largest absolute Gasteiger partial charge is 0.371 e. The zero-order valence-corrected chi connectivity index (χ0v) is 12.8. The molecule has 0 spiro atoms. The van der Waals surface area contributed by atoms with E-state index in [4.69, 9.17) is 9.47 Å². The molecule has 4 rings (SSSR count). The molecule has 0 saturated carbocycles. The van der Waals surface area contributed by atoms with Gasteiger partial charge in [-0.1, -0.05) is 6.92 Å². The summed E-state index contributed by atoms with van der Waals surface area (Å²) in [6, 6.07) is 0. The van der Waals surface area contributed by atoms with Crippen LogP contribution in [0.15, 0.2) is 15.9 Å². The smallest absolute Gasteiger partial charge is 0.347 e. The maximum absolute atomic E-state index is 12.5. The van der Waals surface area contributed by atoms with Crippen LogP contribution in [0.1, 0.15) is 12.7 Å². The van der Waals surface area contributed by atoms with Crippen LogP contribution in [-0.4, -0.2) is 54.1 Å². The lowest BCUT2D eigenvalue weighted by atomic mass is 10.4. The number of nitrogens with zero attached hydrogens (tertiary/aromatic N) is 6. The summed E-state index contributed by atoms with van der Waals surface area (Å²) in [5.74, 6) is 0.640. The van der Waals surface area contributed by atoms with E-state index in [2.05, 4.69) is 10.2 Å². The number of epoxide rings is 2. The van der Waals surface area contributed by atoms with Gasteiger partial charge < -0.3 is 9.47 Å². The van der Waals surface area contributed by atoms with Crippen molar-refractivity contribution in [3.63, 3.8) is 0 Å². The molecule has 2 fully saturated rings. The molecule has 2 aliphatic heterocycles. The maximum atomic E-state index is 12.5. The Morgan fingerprint density at radius 2 is 1.78 bits per heavy atom. The second kappa shape index (κ2) is 5.46. The van der Waals surface area contributed by atoms with Crippen LogP contribution in [0.3, 0.4) is 0 Å². The molecule has 2 aromatic heterocycles. The molecule has 0 aliphatic carbocycles. The average Bonchev–Trinajstić information content (AvgIpc) is 3.45. The minimum atomic E-state index is -0.257. The number of hydrogen-bond acceptors (Lipinski definition) is 6. The van der Waals surface area contributed by atoms with Gasteiger partial charge in [0.1, 0.15) is 31.0 Å². The van der Waals surface area contributed by atoms with Gasteiger partial charge in [0, 0.05) is 6.42 Å². The highest BCUT2D eigenvalue weighted by Gasteiger charge is 2.26. The van der Waals surface area contributed by atoms with Crippen molar-refractivity contribution in [2.75, 3.05) is 13.2 Å². The average molecular weight is 322 g/mol. The third-order valence-electron chi connectivity index (χ3n) is 3.96. The minimum Gasteiger partial charge on any atom is -0.371 e. The molecule has 10 heteroatoms. The van der Waals surface area contributed by atoms with Crippen molar-refractivity contribution in [2.24, 2.45) is 0 Å². The molecule has 0 aromatic carbocycles. The fourth-order valence-corrected chi connectivity index (χ4v) is 2.49. The molecule has 0 amide bonds. The van der Waals surface area contributed by atoms with Crippen LogP contribution >= 0.6 is 0 Å². The Labute approximate surface area is 130 Å². The monoisotopic (exact) mass is 322 g/mol. The molecule has 0 radical (unpaired) electrons. The maximum Gasteiger partial charge on any atom is 0.347 e. The quantitative estimate of drug-likeness (QED) is 0.561. The lowest BCUT2D eigenvalue weighted by Gasteiger charge is -2.03. The van der Waals surface area contributed by atoms with Crippen LogP contribution in [0, 0.1) is 0 Å². The molecular weight excluding hydrogens is 304 g/mol. The Balaban J connectivity index is 1.60. The third kappa shape index (κ3) is 2.86. The Morgan fingerprint density at radius 3 is 2.39 bits per heavy atom. The van der Waals surface area contributed by atoms with Gasteiger partial charge in [0.15, 0.2) is 0 Å². The number of rotatable bonds is 7. The van der Waals surface area contributed by atoms with E-state index in [9.17, 15) is 9.59 Å². The molecule has 0 N–H and O–H groups in total. The predicted molar refractivity (Wildman–Crippen MR) is 77.2 cm³/mol. The Morgan fingerprint density at radius 1 is 1.13 bits per heavy atom. The van der Waals surface area contributed by atoms with Crippen molar-refractivity contribution in [1.82, 2.24) is 28.7 Å². The number of aryl methyl sites for hydroxylation is 1. The lowest BCUT2D eigenvalue weighted by Crippen LogP contribution is -2.33. The summed E-state index contributed by atoms with van der Waals surface area (Å²) in [6.07, 6.45) is 2.20. The third-order valence-corrected chi connectivity index (χ3v) is 3.96. The van der Waals surface area contributed by atoms with Crippen LogP contribution in [0.5, 0.6) is 0 Å². The van der Waals surface area contributed by atoms with E-state index in [0.717, 1.165) is 0 Å². The first-order chi connectivity index (χ1) is 11.2. The van der Waals surface area contributed by atoms with Gasteiger partial charge in [-0.3, -0.25) is 9.13 Å². The first-order valence-corrected chi connectivity index (χ1v) is 7.67. The molecule has 2 atom stereocenters. The zero-order valence-electron chi connectivity index (χ0n) is 12.8. The highest BCUT2D eigenvalue weighted by Crippen LogP contribution is 2.10. The van der Waals surface area contributed by atoms with E-state index in [0.29, 0.717) is 38.5 Å². The van der Waals surface area contributed by atoms with Crippen molar-refractivity contribution >= 4 is 0 Å².